The van der Waals surface area contributed by atoms with Crippen molar-refractivity contribution in [3.63, 3.8) is 0 Å². The quantitative estimate of drug-likeness (QED) is 0.377. The molecule has 2 aromatic carbocycles. The van der Waals surface area contributed by atoms with Gasteiger partial charge >= 0.3 is 11.7 Å². The lowest BCUT2D eigenvalue weighted by molar-refractivity contribution is -0.0178. The maximum atomic E-state index is 12.4. The van der Waals surface area contributed by atoms with Crippen molar-refractivity contribution in [1.82, 2.24) is 14.9 Å². The predicted molar refractivity (Wildman–Crippen MR) is 144 cm³/mol. The highest BCUT2D eigenvalue weighted by atomic mass is 16.5. The molecule has 3 aromatic rings. The largest absolute Gasteiger partial charge is 0.489 e. The molecule has 38 heavy (non-hydrogen) atoms. The highest BCUT2D eigenvalue weighted by molar-refractivity contribution is 5.89. The van der Waals surface area contributed by atoms with Gasteiger partial charge in [0, 0.05) is 30.4 Å². The van der Waals surface area contributed by atoms with E-state index in [1.54, 1.807) is 31.2 Å². The molecule has 202 valence electrons. The van der Waals surface area contributed by atoms with Gasteiger partial charge < -0.3 is 25.2 Å². The van der Waals surface area contributed by atoms with Crippen molar-refractivity contribution >= 4 is 11.7 Å². The van der Waals surface area contributed by atoms with Crippen LogP contribution in [0.5, 0.6) is 5.75 Å². The third-order valence-corrected chi connectivity index (χ3v) is 6.46. The molecule has 1 fully saturated rings. The van der Waals surface area contributed by atoms with Gasteiger partial charge in [-0.25, -0.2) is 9.59 Å². The lowest BCUT2D eigenvalue weighted by Crippen LogP contribution is -2.39. The Hall–Kier alpha value is -3.89. The molecule has 4 N–H and O–H groups in total. The van der Waals surface area contributed by atoms with Crippen LogP contribution in [0.3, 0.4) is 0 Å². The van der Waals surface area contributed by atoms with Crippen LogP contribution in [0.15, 0.2) is 64.3 Å². The SMILES string of the molecule is Cc1cn([C@@H]2C[C@H](O)[C@@H](CNC(=O)Nc3ccc(OCc4ccc(C(C)(C)C)cc4)cc3)O2)c(=O)[nH]c1=O. The first-order chi connectivity index (χ1) is 18.0. The first-order valence-electron chi connectivity index (χ1n) is 12.5. The van der Waals surface area contributed by atoms with Gasteiger partial charge in [-0.1, -0.05) is 45.0 Å². The van der Waals surface area contributed by atoms with Gasteiger partial charge in [0.2, 0.25) is 0 Å². The molecule has 10 nitrogen and oxygen atoms in total. The first-order valence-corrected chi connectivity index (χ1v) is 12.5. The molecule has 4 rings (SSSR count). The zero-order valence-corrected chi connectivity index (χ0v) is 22.0. The van der Waals surface area contributed by atoms with Crippen molar-refractivity contribution in [2.75, 3.05) is 11.9 Å². The monoisotopic (exact) mass is 522 g/mol. The van der Waals surface area contributed by atoms with Crippen LogP contribution in [0.4, 0.5) is 10.5 Å². The minimum atomic E-state index is -0.888. The summed E-state index contributed by atoms with van der Waals surface area (Å²) in [7, 11) is 0. The summed E-state index contributed by atoms with van der Waals surface area (Å²) in [6.07, 6.45) is -0.788. The normalized spacial score (nSPS) is 19.2. The van der Waals surface area contributed by atoms with Crippen molar-refractivity contribution in [2.24, 2.45) is 0 Å². The molecule has 1 aliphatic rings. The number of urea groups is 1. The Kier molecular flexibility index (Phi) is 8.03. The fourth-order valence-electron chi connectivity index (χ4n) is 4.14. The molecule has 2 heterocycles. The Morgan fingerprint density at radius 2 is 1.82 bits per heavy atom. The number of amides is 2. The number of carbonyl (C=O) groups excluding carboxylic acids is 1. The lowest BCUT2D eigenvalue weighted by Gasteiger charge is -2.19. The number of nitrogens with zero attached hydrogens (tertiary/aromatic N) is 1. The average molecular weight is 523 g/mol. The van der Waals surface area contributed by atoms with Crippen molar-refractivity contribution in [3.8, 4) is 5.75 Å². The summed E-state index contributed by atoms with van der Waals surface area (Å²) in [5.74, 6) is 0.678. The number of hydrogen-bond acceptors (Lipinski definition) is 6. The van der Waals surface area contributed by atoms with Crippen LogP contribution < -0.4 is 26.6 Å². The smallest absolute Gasteiger partial charge is 0.330 e. The van der Waals surface area contributed by atoms with Gasteiger partial charge in [0.25, 0.3) is 5.56 Å². The van der Waals surface area contributed by atoms with Gasteiger partial charge in [-0.2, -0.15) is 0 Å². The minimum absolute atomic E-state index is 0.0375. The van der Waals surface area contributed by atoms with Crippen LogP contribution in [-0.4, -0.2) is 39.4 Å². The van der Waals surface area contributed by atoms with Crippen LogP contribution in [0.1, 0.15) is 50.1 Å². The van der Waals surface area contributed by atoms with E-state index in [9.17, 15) is 19.5 Å². The van der Waals surface area contributed by atoms with Gasteiger partial charge in [-0.05, 0) is 47.7 Å². The molecule has 1 saturated heterocycles. The Bertz CT molecular complexity index is 1370. The van der Waals surface area contributed by atoms with Crippen LogP contribution in [-0.2, 0) is 16.8 Å². The Labute approximate surface area is 220 Å². The molecule has 10 heteroatoms. The molecule has 0 aliphatic carbocycles. The number of aromatic nitrogens is 2. The zero-order valence-electron chi connectivity index (χ0n) is 22.0. The van der Waals surface area contributed by atoms with Crippen LogP contribution in [0.25, 0.3) is 0 Å². The highest BCUT2D eigenvalue weighted by Gasteiger charge is 2.35. The Morgan fingerprint density at radius 3 is 2.47 bits per heavy atom. The van der Waals surface area contributed by atoms with E-state index in [1.165, 1.54) is 16.3 Å². The van der Waals surface area contributed by atoms with Crippen molar-refractivity contribution in [1.29, 1.82) is 0 Å². The molecule has 0 saturated carbocycles. The van der Waals surface area contributed by atoms with E-state index < -0.39 is 35.7 Å². The average Bonchev–Trinajstić information content (AvgIpc) is 3.24. The van der Waals surface area contributed by atoms with Crippen molar-refractivity contribution in [3.05, 3.63) is 92.3 Å². The molecule has 3 atom stereocenters. The van der Waals surface area contributed by atoms with Gasteiger partial charge in [0.15, 0.2) is 0 Å². The number of hydrogen-bond donors (Lipinski definition) is 4. The Balaban J connectivity index is 1.24. The second-order valence-electron chi connectivity index (χ2n) is 10.5. The summed E-state index contributed by atoms with van der Waals surface area (Å²) in [5.41, 5.74) is 2.29. The van der Waals surface area contributed by atoms with Crippen LogP contribution in [0.2, 0.25) is 0 Å². The van der Waals surface area contributed by atoms with Crippen LogP contribution >= 0.6 is 0 Å². The van der Waals surface area contributed by atoms with E-state index in [-0.39, 0.29) is 18.4 Å². The maximum absolute atomic E-state index is 12.4. The fourth-order valence-corrected chi connectivity index (χ4v) is 4.14. The molecule has 1 aliphatic heterocycles. The molecule has 0 spiro atoms. The highest BCUT2D eigenvalue weighted by Crippen LogP contribution is 2.27. The summed E-state index contributed by atoms with van der Waals surface area (Å²) < 4.78 is 12.9. The minimum Gasteiger partial charge on any atom is -0.489 e. The lowest BCUT2D eigenvalue weighted by atomic mass is 9.87. The number of aryl methyl sites for hydroxylation is 1. The second kappa shape index (κ2) is 11.2. The third-order valence-electron chi connectivity index (χ3n) is 6.46. The molecule has 0 unspecified atom stereocenters. The predicted octanol–water partition coefficient (Wildman–Crippen LogP) is 3.19. The van der Waals surface area contributed by atoms with Crippen molar-refractivity contribution in [2.45, 2.75) is 64.6 Å². The molecule has 2 amide bonds. The Morgan fingerprint density at radius 1 is 1.13 bits per heavy atom. The summed E-state index contributed by atoms with van der Waals surface area (Å²) in [4.78, 5) is 38.3. The summed E-state index contributed by atoms with van der Waals surface area (Å²) in [6, 6.07) is 14.9. The number of aromatic amines is 1. The zero-order chi connectivity index (χ0) is 27.4. The third kappa shape index (κ3) is 6.70. The van der Waals surface area contributed by atoms with E-state index in [0.29, 0.717) is 23.6 Å². The molecule has 0 bridgehead atoms. The summed E-state index contributed by atoms with van der Waals surface area (Å²) in [6.45, 7) is 8.58. The first kappa shape index (κ1) is 27.2. The van der Waals surface area contributed by atoms with Gasteiger partial charge in [0.05, 0.1) is 6.10 Å². The van der Waals surface area contributed by atoms with E-state index in [2.05, 4.69) is 60.7 Å². The van der Waals surface area contributed by atoms with E-state index in [4.69, 9.17) is 9.47 Å². The van der Waals surface area contributed by atoms with Crippen LogP contribution in [0, 0.1) is 6.92 Å². The molecule has 0 radical (unpaired) electrons. The number of aliphatic hydroxyl groups is 1. The topological polar surface area (TPSA) is 135 Å². The number of anilines is 1. The fraction of sp³-hybridized carbons (Fsp3) is 0.393. The number of H-pyrrole nitrogens is 1. The van der Waals surface area contributed by atoms with Crippen molar-refractivity contribution < 1.29 is 19.4 Å². The number of benzene rings is 2. The number of nitrogens with one attached hydrogen (secondary N) is 3. The standard InChI is InChI=1S/C28H34N4O6/c1-17-15-32(27(36)31-25(17)34)24-13-22(33)23(38-24)14-29-26(35)30-20-9-11-21(12-10-20)37-16-18-5-7-19(8-6-18)28(2,3)4/h5-12,15,22-24,33H,13-14,16H2,1-4H3,(H2,29,30,35)(H,31,34,36)/t22-,23+,24-/m0/s1. The summed E-state index contributed by atoms with van der Waals surface area (Å²) >= 11 is 0. The maximum Gasteiger partial charge on any atom is 0.330 e. The number of carbonyl (C=O) groups is 1. The number of ether oxygens (including phenoxy) is 2. The number of aliphatic hydroxyl groups excluding tert-OH is 1. The van der Waals surface area contributed by atoms with Gasteiger partial charge in [-0.15, -0.1) is 0 Å². The van der Waals surface area contributed by atoms with Gasteiger partial charge in [-0.3, -0.25) is 14.3 Å². The van der Waals surface area contributed by atoms with E-state index in [1.807, 2.05) is 0 Å². The van der Waals surface area contributed by atoms with E-state index >= 15 is 0 Å². The molecular weight excluding hydrogens is 488 g/mol. The number of rotatable bonds is 7. The summed E-state index contributed by atoms with van der Waals surface area (Å²) in [5, 5.41) is 15.8. The van der Waals surface area contributed by atoms with E-state index in [0.717, 1.165) is 5.56 Å². The second-order valence-corrected chi connectivity index (χ2v) is 10.5. The molecular formula is C28H34N4O6. The van der Waals surface area contributed by atoms with Gasteiger partial charge in [0.1, 0.15) is 24.7 Å². The molecule has 1 aromatic heterocycles.